The van der Waals surface area contributed by atoms with Crippen LogP contribution >= 0.6 is 0 Å². The predicted molar refractivity (Wildman–Crippen MR) is 98.0 cm³/mol. The Hall–Kier alpha value is -3.43. The third-order valence-corrected chi connectivity index (χ3v) is 3.91. The van der Waals surface area contributed by atoms with Crippen molar-refractivity contribution in [1.29, 1.82) is 5.53 Å². The average Bonchev–Trinajstić information content (AvgIpc) is 3.02. The number of halogens is 2. The molecule has 2 N–H and O–H groups in total. The standard InChI is InChI=1S/C17H17F2N7O/c1-21-17-23-16(27-2)15-14(11(19)9-26(15)25-17)10-4-5-12(24-20)13(8-10)22-7-3-6-18/h4-5,8-9,20,22H,1,3,6-7H2,2H3. The number of rotatable bonds is 8. The van der Waals surface area contributed by atoms with Crippen LogP contribution in [-0.2, 0) is 0 Å². The molecule has 3 rings (SSSR count). The van der Waals surface area contributed by atoms with E-state index < -0.39 is 12.5 Å². The Kier molecular flexibility index (Phi) is 5.34. The fraction of sp³-hybridized carbons (Fsp3) is 0.235. The Morgan fingerprint density at radius 2 is 2.22 bits per heavy atom. The fourth-order valence-electron chi connectivity index (χ4n) is 2.71. The first-order valence-electron chi connectivity index (χ1n) is 8.04. The van der Waals surface area contributed by atoms with Crippen molar-refractivity contribution >= 4 is 29.6 Å². The van der Waals surface area contributed by atoms with E-state index in [-0.39, 0.29) is 17.4 Å². The van der Waals surface area contributed by atoms with Gasteiger partial charge in [-0.1, -0.05) is 6.07 Å². The van der Waals surface area contributed by atoms with E-state index in [0.717, 1.165) is 0 Å². The molecule has 0 saturated heterocycles. The van der Waals surface area contributed by atoms with Crippen LogP contribution < -0.4 is 10.1 Å². The Bertz CT molecular complexity index is 1000. The second-order valence-electron chi connectivity index (χ2n) is 5.54. The van der Waals surface area contributed by atoms with Crippen LogP contribution in [0.25, 0.3) is 16.6 Å². The molecule has 3 aromatic rings. The highest BCUT2D eigenvalue weighted by atomic mass is 19.1. The molecule has 8 nitrogen and oxygen atoms in total. The minimum atomic E-state index is -0.533. The van der Waals surface area contributed by atoms with Gasteiger partial charge in [0.1, 0.15) is 11.2 Å². The minimum absolute atomic E-state index is 0.0535. The lowest BCUT2D eigenvalue weighted by atomic mass is 10.0. The molecule has 0 aliphatic heterocycles. The number of anilines is 1. The second kappa shape index (κ2) is 7.85. The van der Waals surface area contributed by atoms with Crippen LogP contribution in [0.15, 0.2) is 34.5 Å². The summed E-state index contributed by atoms with van der Waals surface area (Å²) in [5.74, 6) is -0.334. The molecular formula is C17H17F2N7O. The molecule has 0 saturated carbocycles. The van der Waals surface area contributed by atoms with Gasteiger partial charge in [-0.2, -0.15) is 10.1 Å². The van der Waals surface area contributed by atoms with Crippen molar-refractivity contribution in [1.82, 2.24) is 14.6 Å². The number of hydrogen-bond acceptors (Lipinski definition) is 7. The van der Waals surface area contributed by atoms with Crippen molar-refractivity contribution in [2.45, 2.75) is 6.42 Å². The molecule has 0 aliphatic carbocycles. The monoisotopic (exact) mass is 373 g/mol. The maximum Gasteiger partial charge on any atom is 0.269 e. The summed E-state index contributed by atoms with van der Waals surface area (Å²) in [6.07, 6.45) is 1.51. The van der Waals surface area contributed by atoms with E-state index in [0.29, 0.717) is 35.4 Å². The average molecular weight is 373 g/mol. The quantitative estimate of drug-likeness (QED) is 0.349. The maximum atomic E-state index is 14.7. The van der Waals surface area contributed by atoms with Gasteiger partial charge in [-0.05, 0) is 30.8 Å². The van der Waals surface area contributed by atoms with Crippen molar-refractivity contribution in [3.63, 3.8) is 0 Å². The molecule has 0 unspecified atom stereocenters. The van der Waals surface area contributed by atoms with Gasteiger partial charge in [-0.3, -0.25) is 4.39 Å². The molecule has 0 bridgehead atoms. The minimum Gasteiger partial charge on any atom is -0.479 e. The smallest absolute Gasteiger partial charge is 0.269 e. The lowest BCUT2D eigenvalue weighted by Crippen LogP contribution is -2.02. The van der Waals surface area contributed by atoms with Crippen LogP contribution in [0.1, 0.15) is 6.42 Å². The van der Waals surface area contributed by atoms with Crippen LogP contribution in [-0.4, -0.2) is 41.6 Å². The van der Waals surface area contributed by atoms with Crippen LogP contribution in [0, 0.1) is 11.3 Å². The zero-order valence-corrected chi connectivity index (χ0v) is 14.5. The van der Waals surface area contributed by atoms with Crippen LogP contribution in [0.3, 0.4) is 0 Å². The molecule has 0 amide bonds. The lowest BCUT2D eigenvalue weighted by Gasteiger charge is -2.11. The second-order valence-corrected chi connectivity index (χ2v) is 5.54. The van der Waals surface area contributed by atoms with Gasteiger partial charge in [0.2, 0.25) is 5.88 Å². The van der Waals surface area contributed by atoms with Crippen molar-refractivity contribution in [3.05, 3.63) is 30.2 Å². The van der Waals surface area contributed by atoms with E-state index in [4.69, 9.17) is 10.3 Å². The fourth-order valence-corrected chi connectivity index (χ4v) is 2.71. The highest BCUT2D eigenvalue weighted by Gasteiger charge is 2.20. The van der Waals surface area contributed by atoms with E-state index in [2.05, 4.69) is 32.2 Å². The lowest BCUT2D eigenvalue weighted by molar-refractivity contribution is 0.400. The first-order valence-corrected chi connectivity index (χ1v) is 8.04. The van der Waals surface area contributed by atoms with Gasteiger partial charge in [-0.15, -0.1) is 5.10 Å². The Labute approximate surface area is 153 Å². The molecule has 0 atom stereocenters. The maximum absolute atomic E-state index is 14.7. The molecule has 27 heavy (non-hydrogen) atoms. The van der Waals surface area contributed by atoms with Crippen molar-refractivity contribution in [2.75, 3.05) is 25.6 Å². The van der Waals surface area contributed by atoms with E-state index in [1.54, 1.807) is 18.2 Å². The van der Waals surface area contributed by atoms with E-state index in [9.17, 15) is 8.78 Å². The number of ether oxygens (including phenoxy) is 1. The SMILES string of the molecule is C=Nc1nc(OC)c2c(-c3ccc(N=N)c(NCCCF)c3)c(F)cn2n1. The number of hydrogen-bond donors (Lipinski definition) is 2. The van der Waals surface area contributed by atoms with Crippen LogP contribution in [0.2, 0.25) is 0 Å². The van der Waals surface area contributed by atoms with Crippen molar-refractivity contribution in [3.8, 4) is 17.0 Å². The summed E-state index contributed by atoms with van der Waals surface area (Å²) in [6.45, 7) is 3.26. The Morgan fingerprint density at radius 1 is 1.41 bits per heavy atom. The third-order valence-electron chi connectivity index (χ3n) is 3.91. The van der Waals surface area contributed by atoms with Gasteiger partial charge >= 0.3 is 0 Å². The largest absolute Gasteiger partial charge is 0.479 e. The molecule has 0 radical (unpaired) electrons. The van der Waals surface area contributed by atoms with Gasteiger partial charge < -0.3 is 10.1 Å². The summed E-state index contributed by atoms with van der Waals surface area (Å²) in [7, 11) is 1.41. The van der Waals surface area contributed by atoms with E-state index in [1.807, 2.05) is 0 Å². The summed E-state index contributed by atoms with van der Waals surface area (Å²) in [5, 5.41) is 10.5. The van der Waals surface area contributed by atoms with E-state index >= 15 is 0 Å². The van der Waals surface area contributed by atoms with Gasteiger partial charge in [0.05, 0.1) is 31.2 Å². The van der Waals surface area contributed by atoms with Gasteiger partial charge in [0, 0.05) is 6.54 Å². The van der Waals surface area contributed by atoms with Gasteiger partial charge in [0.25, 0.3) is 5.95 Å². The van der Waals surface area contributed by atoms with Crippen LogP contribution in [0.5, 0.6) is 5.88 Å². The topological polar surface area (TPSA) is 100 Å². The highest BCUT2D eigenvalue weighted by molar-refractivity contribution is 5.87. The third kappa shape index (κ3) is 3.46. The number of nitrogens with one attached hydrogen (secondary N) is 2. The zero-order valence-electron chi connectivity index (χ0n) is 14.5. The predicted octanol–water partition coefficient (Wildman–Crippen LogP) is 4.31. The number of methoxy groups -OCH3 is 1. The van der Waals surface area contributed by atoms with Crippen molar-refractivity contribution in [2.24, 2.45) is 10.1 Å². The number of alkyl halides is 1. The normalized spacial score (nSPS) is 10.8. The van der Waals surface area contributed by atoms with E-state index in [1.165, 1.54) is 17.8 Å². The number of aliphatic imine (C=N–C) groups is 1. The molecule has 0 fully saturated rings. The first kappa shape index (κ1) is 18.4. The Balaban J connectivity index is 2.17. The molecule has 2 aromatic heterocycles. The van der Waals surface area contributed by atoms with Crippen LogP contribution in [0.4, 0.5) is 26.1 Å². The number of benzene rings is 1. The molecule has 0 aliphatic rings. The highest BCUT2D eigenvalue weighted by Crippen LogP contribution is 2.37. The number of nitrogens with zero attached hydrogens (tertiary/aromatic N) is 5. The zero-order chi connectivity index (χ0) is 19.4. The summed E-state index contributed by atoms with van der Waals surface area (Å²) in [5.41, 5.74) is 9.19. The summed E-state index contributed by atoms with van der Waals surface area (Å²) >= 11 is 0. The molecule has 2 heterocycles. The Morgan fingerprint density at radius 3 is 2.89 bits per heavy atom. The van der Waals surface area contributed by atoms with Gasteiger partial charge in [-0.25, -0.2) is 19.4 Å². The molecule has 0 spiro atoms. The first-order chi connectivity index (χ1) is 13.1. The molecule has 10 heteroatoms. The summed E-state index contributed by atoms with van der Waals surface area (Å²) in [4.78, 5) is 7.75. The summed E-state index contributed by atoms with van der Waals surface area (Å²) < 4.78 is 33.7. The molecule has 140 valence electrons. The number of aromatic nitrogens is 3. The summed E-state index contributed by atoms with van der Waals surface area (Å²) in [6, 6.07) is 4.85. The molecule has 1 aromatic carbocycles. The molecular weight excluding hydrogens is 356 g/mol. The van der Waals surface area contributed by atoms with Gasteiger partial charge in [0.15, 0.2) is 5.82 Å². The van der Waals surface area contributed by atoms with Crippen molar-refractivity contribution < 1.29 is 13.5 Å². The number of fused-ring (bicyclic) bond motifs is 1.